The van der Waals surface area contributed by atoms with Crippen LogP contribution >= 0.6 is 11.3 Å². The molecular formula is C28H26FN3O3S. The van der Waals surface area contributed by atoms with Crippen molar-refractivity contribution in [2.75, 3.05) is 0 Å². The number of nitrogens with zero attached hydrogens (tertiary/aromatic N) is 2. The highest BCUT2D eigenvalue weighted by Gasteiger charge is 2.53. The molecule has 2 aliphatic rings. The first-order chi connectivity index (χ1) is 17.4. The Balaban J connectivity index is 1.18. The molecule has 0 radical (unpaired) electrons. The fourth-order valence-corrected chi connectivity index (χ4v) is 7.09. The van der Waals surface area contributed by atoms with E-state index in [1.807, 2.05) is 18.2 Å². The number of rotatable bonds is 7. The van der Waals surface area contributed by atoms with E-state index in [1.54, 1.807) is 22.2 Å². The molecule has 2 aliphatic carbocycles. The molecule has 6 nitrogen and oxygen atoms in total. The first-order valence-corrected chi connectivity index (χ1v) is 13.0. The number of halogens is 1. The van der Waals surface area contributed by atoms with Crippen molar-refractivity contribution in [1.82, 2.24) is 15.1 Å². The number of carboxylic acids is 1. The quantitative estimate of drug-likeness (QED) is 0.338. The van der Waals surface area contributed by atoms with Crippen LogP contribution in [-0.4, -0.2) is 32.8 Å². The van der Waals surface area contributed by atoms with Gasteiger partial charge in [-0.25, -0.2) is 4.39 Å². The molecule has 4 aromatic rings. The molecule has 0 saturated heterocycles. The van der Waals surface area contributed by atoms with Crippen LogP contribution < -0.4 is 5.32 Å². The van der Waals surface area contributed by atoms with Crippen molar-refractivity contribution >= 4 is 34.1 Å². The van der Waals surface area contributed by atoms with Gasteiger partial charge in [0, 0.05) is 27.6 Å². The van der Waals surface area contributed by atoms with Crippen LogP contribution in [0.5, 0.6) is 0 Å². The van der Waals surface area contributed by atoms with Crippen LogP contribution in [0.3, 0.4) is 0 Å². The number of aromatic nitrogens is 2. The van der Waals surface area contributed by atoms with Crippen LogP contribution in [0.2, 0.25) is 0 Å². The van der Waals surface area contributed by atoms with E-state index in [1.165, 1.54) is 12.1 Å². The molecule has 2 saturated carbocycles. The summed E-state index contributed by atoms with van der Waals surface area (Å²) in [5.41, 5.74) is 2.25. The van der Waals surface area contributed by atoms with Crippen LogP contribution in [0.4, 0.5) is 4.39 Å². The van der Waals surface area contributed by atoms with E-state index >= 15 is 0 Å². The van der Waals surface area contributed by atoms with Crippen molar-refractivity contribution in [3.63, 3.8) is 0 Å². The zero-order chi connectivity index (χ0) is 24.9. The molecule has 2 aromatic carbocycles. The molecule has 1 spiro atoms. The van der Waals surface area contributed by atoms with Gasteiger partial charge in [-0.3, -0.25) is 14.3 Å². The number of fused-ring (bicyclic) bond motifs is 1. The van der Waals surface area contributed by atoms with Gasteiger partial charge in [0.05, 0.1) is 23.8 Å². The molecule has 2 heterocycles. The summed E-state index contributed by atoms with van der Waals surface area (Å²) in [4.78, 5) is 26.4. The lowest BCUT2D eigenvalue weighted by Crippen LogP contribution is -2.56. The summed E-state index contributed by atoms with van der Waals surface area (Å²) in [6.07, 6.45) is 5.36. The number of thiophene rings is 1. The monoisotopic (exact) mass is 503 g/mol. The van der Waals surface area contributed by atoms with Crippen LogP contribution in [0.1, 0.15) is 47.3 Å². The van der Waals surface area contributed by atoms with Crippen molar-refractivity contribution < 1.29 is 19.1 Å². The topological polar surface area (TPSA) is 84.2 Å². The summed E-state index contributed by atoms with van der Waals surface area (Å²) in [7, 11) is 0. The molecule has 2 N–H and O–H groups in total. The van der Waals surface area contributed by atoms with Crippen molar-refractivity contribution in [3.05, 3.63) is 77.1 Å². The summed E-state index contributed by atoms with van der Waals surface area (Å²) >= 11 is 1.67. The summed E-state index contributed by atoms with van der Waals surface area (Å²) in [5, 5.41) is 17.1. The smallest absolute Gasteiger partial charge is 0.303 e. The van der Waals surface area contributed by atoms with Crippen LogP contribution in [0.25, 0.3) is 21.3 Å². The minimum Gasteiger partial charge on any atom is -0.481 e. The fourth-order valence-electron chi connectivity index (χ4n) is 6.10. The highest BCUT2D eigenvalue weighted by molar-refractivity contribution is 7.15. The highest BCUT2D eigenvalue weighted by Crippen LogP contribution is 2.59. The average molecular weight is 504 g/mol. The third-order valence-corrected chi connectivity index (χ3v) is 8.69. The summed E-state index contributed by atoms with van der Waals surface area (Å²) in [6, 6.07) is 17.0. The Morgan fingerprint density at radius 2 is 1.89 bits per heavy atom. The summed E-state index contributed by atoms with van der Waals surface area (Å²) in [5.74, 6) is -1.26. The molecule has 2 aromatic heterocycles. The lowest BCUT2D eigenvalue weighted by Gasteiger charge is -2.57. The number of carbonyl (C=O) groups is 2. The van der Waals surface area contributed by atoms with Gasteiger partial charge < -0.3 is 10.4 Å². The highest BCUT2D eigenvalue weighted by atomic mass is 32.1. The molecule has 0 atom stereocenters. The molecule has 0 bridgehead atoms. The minimum absolute atomic E-state index is 0.0312. The summed E-state index contributed by atoms with van der Waals surface area (Å²) < 4.78 is 16.2. The Morgan fingerprint density at radius 1 is 1.11 bits per heavy atom. The third-order valence-electron chi connectivity index (χ3n) is 7.57. The second-order valence-corrected chi connectivity index (χ2v) is 11.4. The Kier molecular flexibility index (Phi) is 5.63. The largest absolute Gasteiger partial charge is 0.481 e. The van der Waals surface area contributed by atoms with E-state index in [4.69, 9.17) is 5.11 Å². The summed E-state index contributed by atoms with van der Waals surface area (Å²) in [6.45, 7) is 0.490. The van der Waals surface area contributed by atoms with Crippen molar-refractivity contribution in [3.8, 4) is 10.4 Å². The molecule has 0 unspecified atom stereocenters. The SMILES string of the molecule is O=C(O)CC1CC2(C1)CC(NC(=O)c1cc(F)cc3cnn(Cc4ccc(-c5ccccc5)s4)c13)C2. The van der Waals surface area contributed by atoms with Gasteiger partial charge in [-0.1, -0.05) is 30.3 Å². The maximum Gasteiger partial charge on any atom is 0.303 e. The molecule has 36 heavy (non-hydrogen) atoms. The fraction of sp³-hybridized carbons (Fsp3) is 0.321. The van der Waals surface area contributed by atoms with Gasteiger partial charge in [0.25, 0.3) is 5.91 Å². The standard InChI is InChI=1S/C28H26FN3O3S/c29-20-9-19-15-30-32(16-22-6-7-24(36-22)18-4-2-1-3-5-18)26(19)23(10-20)27(35)31-21-13-28(14-21)11-17(12-28)8-25(33)34/h1-7,9-10,15,17,21H,8,11-14,16H2,(H,31,35)(H,33,34). The molecule has 0 aliphatic heterocycles. The molecular weight excluding hydrogens is 477 g/mol. The number of aliphatic carboxylic acids is 1. The lowest BCUT2D eigenvalue weighted by molar-refractivity contribution is -0.142. The Bertz CT molecular complexity index is 1450. The number of nitrogens with one attached hydrogen (secondary N) is 1. The normalized spacial score (nSPS) is 22.8. The van der Waals surface area contributed by atoms with Gasteiger partial charge >= 0.3 is 5.97 Å². The van der Waals surface area contributed by atoms with E-state index in [0.29, 0.717) is 23.0 Å². The first-order valence-electron chi connectivity index (χ1n) is 12.2. The second-order valence-electron chi connectivity index (χ2n) is 10.3. The average Bonchev–Trinajstić information content (AvgIpc) is 3.43. The van der Waals surface area contributed by atoms with E-state index in [9.17, 15) is 14.0 Å². The first kappa shape index (κ1) is 22.9. The molecule has 2 fully saturated rings. The van der Waals surface area contributed by atoms with Gasteiger partial charge in [0.2, 0.25) is 0 Å². The van der Waals surface area contributed by atoms with E-state index < -0.39 is 11.8 Å². The van der Waals surface area contributed by atoms with Gasteiger partial charge in [-0.2, -0.15) is 5.10 Å². The molecule has 184 valence electrons. The van der Waals surface area contributed by atoms with Gasteiger partial charge in [0.1, 0.15) is 5.82 Å². The number of hydrogen-bond donors (Lipinski definition) is 2. The Morgan fingerprint density at radius 3 is 2.64 bits per heavy atom. The van der Waals surface area contributed by atoms with Crippen molar-refractivity contribution in [2.24, 2.45) is 11.3 Å². The number of amides is 1. The number of carbonyl (C=O) groups excluding carboxylic acids is 1. The van der Waals surface area contributed by atoms with E-state index in [-0.39, 0.29) is 29.7 Å². The predicted octanol–water partition coefficient (Wildman–Crippen LogP) is 5.72. The Labute approximate surface area is 211 Å². The lowest BCUT2D eigenvalue weighted by atomic mass is 9.49. The van der Waals surface area contributed by atoms with Gasteiger partial charge in [0.15, 0.2) is 0 Å². The number of benzene rings is 2. The van der Waals surface area contributed by atoms with Crippen LogP contribution in [0.15, 0.2) is 60.8 Å². The maximum atomic E-state index is 14.4. The van der Waals surface area contributed by atoms with Gasteiger partial charge in [-0.05, 0) is 66.8 Å². The van der Waals surface area contributed by atoms with Gasteiger partial charge in [-0.15, -0.1) is 11.3 Å². The van der Waals surface area contributed by atoms with Crippen molar-refractivity contribution in [1.29, 1.82) is 0 Å². The van der Waals surface area contributed by atoms with E-state index in [2.05, 4.69) is 34.7 Å². The predicted molar refractivity (Wildman–Crippen MR) is 136 cm³/mol. The number of carboxylic acid groups (broad SMARTS) is 1. The van der Waals surface area contributed by atoms with Crippen molar-refractivity contribution in [2.45, 2.75) is 44.7 Å². The molecule has 1 amide bonds. The van der Waals surface area contributed by atoms with E-state index in [0.717, 1.165) is 41.0 Å². The molecule has 6 rings (SSSR count). The number of hydrogen-bond acceptors (Lipinski definition) is 4. The van der Waals surface area contributed by atoms with Crippen LogP contribution in [0, 0.1) is 17.2 Å². The molecule has 8 heteroatoms. The zero-order valence-corrected chi connectivity index (χ0v) is 20.4. The zero-order valence-electron chi connectivity index (χ0n) is 19.6. The minimum atomic E-state index is -0.746. The third kappa shape index (κ3) is 4.30. The van der Waals surface area contributed by atoms with Crippen LogP contribution in [-0.2, 0) is 11.3 Å². The maximum absolute atomic E-state index is 14.4. The second kappa shape index (κ2) is 8.85. The Hall–Kier alpha value is -3.52.